The SMILES string of the molecule is COC(=O)CNC(=O)[C@H](CC(=O)OC(C)(C)C)NC(=O)[C@@H](C)NC(=O)[C@H](CC(=O)OC(C)(C)C)NC(=O)[C@@H](N)CCCCNC(=O)OC(C)(C)C. The smallest absolute Gasteiger partial charge is 0.407 e. The molecule has 7 N–H and O–H groups in total. The van der Waals surface area contributed by atoms with E-state index in [9.17, 15) is 38.4 Å². The normalized spacial score (nSPS) is 14.0. The van der Waals surface area contributed by atoms with Gasteiger partial charge >= 0.3 is 24.0 Å². The number of rotatable bonds is 18. The van der Waals surface area contributed by atoms with Crippen LogP contribution >= 0.6 is 0 Å². The van der Waals surface area contributed by atoms with Crippen LogP contribution in [0.3, 0.4) is 0 Å². The molecule has 292 valence electrons. The molecule has 0 fully saturated rings. The summed E-state index contributed by atoms with van der Waals surface area (Å²) in [4.78, 5) is 101. The minimum Gasteiger partial charge on any atom is -0.468 e. The number of alkyl carbamates (subject to hydrolysis) is 1. The number of unbranched alkanes of at least 4 members (excludes halogenated alkanes) is 1. The van der Waals surface area contributed by atoms with Crippen molar-refractivity contribution in [2.75, 3.05) is 20.2 Å². The predicted octanol–water partition coefficient (Wildman–Crippen LogP) is 0.236. The van der Waals surface area contributed by atoms with Crippen LogP contribution in [-0.4, -0.2) is 109 Å². The molecule has 0 aliphatic heterocycles. The summed E-state index contributed by atoms with van der Waals surface area (Å²) in [6, 6.07) is -5.45. The third kappa shape index (κ3) is 22.8. The monoisotopic (exact) mass is 730 g/mol. The Labute approximate surface area is 299 Å². The first kappa shape index (κ1) is 46.5. The Hall–Kier alpha value is -4.48. The van der Waals surface area contributed by atoms with Crippen LogP contribution in [0.5, 0.6) is 0 Å². The molecule has 0 aromatic heterocycles. The highest BCUT2D eigenvalue weighted by Gasteiger charge is 2.33. The summed E-state index contributed by atoms with van der Waals surface area (Å²) in [5.74, 6) is -5.93. The zero-order valence-electron chi connectivity index (χ0n) is 31.7. The zero-order chi connectivity index (χ0) is 39.7. The maximum absolute atomic E-state index is 13.3. The number of ether oxygens (including phenoxy) is 4. The van der Waals surface area contributed by atoms with Gasteiger partial charge < -0.3 is 51.3 Å². The van der Waals surface area contributed by atoms with Crippen LogP contribution in [0.2, 0.25) is 0 Å². The molecular formula is C33H58N6O12. The molecule has 4 atom stereocenters. The fourth-order valence-corrected chi connectivity index (χ4v) is 3.95. The van der Waals surface area contributed by atoms with Gasteiger partial charge in [0.2, 0.25) is 23.6 Å². The van der Waals surface area contributed by atoms with E-state index in [1.807, 2.05) is 0 Å². The van der Waals surface area contributed by atoms with E-state index in [1.54, 1.807) is 62.3 Å². The van der Waals surface area contributed by atoms with E-state index in [-0.39, 0.29) is 13.0 Å². The molecule has 0 spiro atoms. The van der Waals surface area contributed by atoms with Crippen molar-refractivity contribution in [3.63, 3.8) is 0 Å². The second-order valence-electron chi connectivity index (χ2n) is 14.8. The van der Waals surface area contributed by atoms with E-state index in [4.69, 9.17) is 19.9 Å². The van der Waals surface area contributed by atoms with Gasteiger partial charge in [-0.3, -0.25) is 33.6 Å². The largest absolute Gasteiger partial charge is 0.468 e. The summed E-state index contributed by atoms with van der Waals surface area (Å²) in [5.41, 5.74) is 3.59. The molecule has 18 heteroatoms. The highest BCUT2D eigenvalue weighted by molar-refractivity contribution is 5.97. The lowest BCUT2D eigenvalue weighted by Gasteiger charge is -2.26. The van der Waals surface area contributed by atoms with Gasteiger partial charge in [-0.25, -0.2) is 4.79 Å². The van der Waals surface area contributed by atoms with E-state index < -0.39 is 108 Å². The van der Waals surface area contributed by atoms with E-state index >= 15 is 0 Å². The number of hydrogen-bond acceptors (Lipinski definition) is 13. The van der Waals surface area contributed by atoms with E-state index in [0.29, 0.717) is 12.8 Å². The van der Waals surface area contributed by atoms with Gasteiger partial charge in [0.25, 0.3) is 0 Å². The van der Waals surface area contributed by atoms with Crippen LogP contribution < -0.4 is 32.3 Å². The number of carbonyl (C=O) groups excluding carboxylic acids is 8. The number of carbonyl (C=O) groups is 8. The van der Waals surface area contributed by atoms with E-state index in [0.717, 1.165) is 7.11 Å². The van der Waals surface area contributed by atoms with Crippen molar-refractivity contribution in [1.82, 2.24) is 26.6 Å². The van der Waals surface area contributed by atoms with Crippen LogP contribution in [0.4, 0.5) is 4.79 Å². The Bertz CT molecular complexity index is 1240. The molecule has 0 aliphatic carbocycles. The van der Waals surface area contributed by atoms with Crippen molar-refractivity contribution in [2.24, 2.45) is 5.73 Å². The third-order valence-electron chi connectivity index (χ3n) is 6.18. The summed E-state index contributed by atoms with van der Waals surface area (Å²) >= 11 is 0. The van der Waals surface area contributed by atoms with Crippen LogP contribution in [0, 0.1) is 0 Å². The van der Waals surface area contributed by atoms with Crippen LogP contribution in [0.1, 0.15) is 101 Å². The number of esters is 3. The van der Waals surface area contributed by atoms with Gasteiger partial charge in [0.15, 0.2) is 0 Å². The maximum Gasteiger partial charge on any atom is 0.407 e. The first-order valence-electron chi connectivity index (χ1n) is 16.6. The minimum absolute atomic E-state index is 0.179. The lowest BCUT2D eigenvalue weighted by molar-refractivity contribution is -0.157. The second-order valence-corrected chi connectivity index (χ2v) is 14.8. The molecule has 0 saturated heterocycles. The van der Waals surface area contributed by atoms with Crippen LogP contribution in [-0.2, 0) is 52.5 Å². The van der Waals surface area contributed by atoms with Gasteiger partial charge in [0, 0.05) is 6.54 Å². The highest BCUT2D eigenvalue weighted by Crippen LogP contribution is 2.12. The standard InChI is InChI=1S/C33H58N6O12/c1-19(26(43)38-21(16-23(40)49-31(2,3)4)28(45)36-18-25(42)48-11)37-29(46)22(17-24(41)50-32(5,6)7)39-27(44)20(34)14-12-13-15-35-30(47)51-33(8,9)10/h19-22H,12-18,34H2,1-11H3,(H,35,47)(H,36,45)(H,37,46)(H,38,43)(H,39,44)/t19-,20+,21+,22+/m1/s1. The number of hydrogen-bond donors (Lipinski definition) is 6. The summed E-state index contributed by atoms with van der Waals surface area (Å²) in [7, 11) is 1.11. The first-order chi connectivity index (χ1) is 23.2. The Kier molecular flexibility index (Phi) is 19.2. The molecule has 0 heterocycles. The molecule has 0 rings (SSSR count). The quantitative estimate of drug-likeness (QED) is 0.0628. The van der Waals surface area contributed by atoms with Crippen LogP contribution in [0.25, 0.3) is 0 Å². The second kappa shape index (κ2) is 21.0. The Morgan fingerprint density at radius 1 is 0.588 bits per heavy atom. The van der Waals surface area contributed by atoms with Crippen molar-refractivity contribution >= 4 is 47.6 Å². The lowest BCUT2D eigenvalue weighted by Crippen LogP contribution is -2.57. The topological polar surface area (TPSA) is 260 Å². The molecule has 0 radical (unpaired) electrons. The number of nitrogens with one attached hydrogen (secondary N) is 5. The van der Waals surface area contributed by atoms with Gasteiger partial charge in [-0.15, -0.1) is 0 Å². The first-order valence-corrected chi connectivity index (χ1v) is 16.6. The average Bonchev–Trinajstić information content (AvgIpc) is 2.95. The summed E-state index contributed by atoms with van der Waals surface area (Å²) in [5, 5.41) is 12.0. The van der Waals surface area contributed by atoms with Crippen molar-refractivity contribution in [2.45, 2.75) is 142 Å². The molecule has 18 nitrogen and oxygen atoms in total. The molecule has 0 aliphatic rings. The Morgan fingerprint density at radius 3 is 1.53 bits per heavy atom. The molecule has 51 heavy (non-hydrogen) atoms. The molecule has 0 saturated carbocycles. The zero-order valence-corrected chi connectivity index (χ0v) is 31.7. The maximum atomic E-state index is 13.3. The number of methoxy groups -OCH3 is 1. The molecule has 0 aromatic rings. The van der Waals surface area contributed by atoms with Crippen molar-refractivity contribution in [1.29, 1.82) is 0 Å². The minimum atomic E-state index is -1.51. The Balaban J connectivity index is 5.63. The Morgan fingerprint density at radius 2 is 1.06 bits per heavy atom. The molecule has 0 aromatic carbocycles. The third-order valence-corrected chi connectivity index (χ3v) is 6.18. The molecular weight excluding hydrogens is 672 g/mol. The molecule has 5 amide bonds. The number of amides is 5. The van der Waals surface area contributed by atoms with Gasteiger partial charge in [-0.05, 0) is 88.5 Å². The fourth-order valence-electron chi connectivity index (χ4n) is 3.95. The van der Waals surface area contributed by atoms with E-state index in [2.05, 4.69) is 31.3 Å². The summed E-state index contributed by atoms with van der Waals surface area (Å²) < 4.78 is 20.2. The fraction of sp³-hybridized carbons (Fsp3) is 0.758. The summed E-state index contributed by atoms with van der Waals surface area (Å²) in [6.45, 7) is 15.9. The van der Waals surface area contributed by atoms with Crippen LogP contribution in [0.15, 0.2) is 0 Å². The highest BCUT2D eigenvalue weighted by atomic mass is 16.6. The lowest BCUT2D eigenvalue weighted by atomic mass is 10.1. The predicted molar refractivity (Wildman–Crippen MR) is 183 cm³/mol. The summed E-state index contributed by atoms with van der Waals surface area (Å²) in [6.07, 6.45) is -0.704. The number of nitrogens with two attached hydrogens (primary N) is 1. The average molecular weight is 731 g/mol. The van der Waals surface area contributed by atoms with Gasteiger partial charge in [-0.2, -0.15) is 0 Å². The van der Waals surface area contributed by atoms with Crippen molar-refractivity contribution in [3.8, 4) is 0 Å². The van der Waals surface area contributed by atoms with Gasteiger partial charge in [0.05, 0.1) is 26.0 Å². The van der Waals surface area contributed by atoms with Gasteiger partial charge in [-0.1, -0.05) is 0 Å². The molecule has 0 bridgehead atoms. The molecule has 0 unspecified atom stereocenters. The van der Waals surface area contributed by atoms with Crippen molar-refractivity contribution < 1.29 is 57.3 Å². The van der Waals surface area contributed by atoms with Gasteiger partial charge in [0.1, 0.15) is 41.5 Å². The van der Waals surface area contributed by atoms with Crippen molar-refractivity contribution in [3.05, 3.63) is 0 Å². The van der Waals surface area contributed by atoms with E-state index in [1.165, 1.54) is 6.92 Å².